The molecule has 0 heterocycles. The van der Waals surface area contributed by atoms with E-state index >= 15 is 0 Å². The van der Waals surface area contributed by atoms with Crippen LogP contribution in [0.15, 0.2) is 36.4 Å². The Morgan fingerprint density at radius 1 is 1.05 bits per heavy atom. The van der Waals surface area contributed by atoms with E-state index in [0.717, 1.165) is 5.56 Å². The van der Waals surface area contributed by atoms with Gasteiger partial charge in [0.15, 0.2) is 0 Å². The number of rotatable bonds is 3. The second-order valence-electron chi connectivity index (χ2n) is 4.75. The molecule has 2 aromatic rings. The number of benzene rings is 2. The standard InChI is InChI=1S/C16H14ClNO3/c1-9-8-12(17)4-5-13(9)15(19)18-14-6-3-11(16(20)21)7-10(14)2/h3-8H,1-2H3,(H,18,19)(H,20,21). The molecular formula is C16H14ClNO3. The van der Waals surface area contributed by atoms with Gasteiger partial charge in [0.05, 0.1) is 5.56 Å². The number of amides is 1. The molecule has 2 aromatic carbocycles. The van der Waals surface area contributed by atoms with Gasteiger partial charge in [0, 0.05) is 16.3 Å². The number of carboxylic acids is 1. The molecule has 0 unspecified atom stereocenters. The van der Waals surface area contributed by atoms with Crippen molar-refractivity contribution in [1.82, 2.24) is 0 Å². The van der Waals surface area contributed by atoms with Gasteiger partial charge in [-0.05, 0) is 61.4 Å². The van der Waals surface area contributed by atoms with E-state index in [4.69, 9.17) is 16.7 Å². The zero-order chi connectivity index (χ0) is 15.6. The summed E-state index contributed by atoms with van der Waals surface area (Å²) in [7, 11) is 0. The first-order valence-corrected chi connectivity index (χ1v) is 6.67. The minimum absolute atomic E-state index is 0.188. The molecule has 0 radical (unpaired) electrons. The van der Waals surface area contributed by atoms with E-state index in [1.807, 2.05) is 0 Å². The molecule has 5 heteroatoms. The van der Waals surface area contributed by atoms with Gasteiger partial charge < -0.3 is 10.4 Å². The molecule has 0 bridgehead atoms. The zero-order valence-electron chi connectivity index (χ0n) is 11.6. The highest BCUT2D eigenvalue weighted by atomic mass is 35.5. The number of nitrogens with one attached hydrogen (secondary N) is 1. The third-order valence-corrected chi connectivity index (χ3v) is 3.39. The van der Waals surface area contributed by atoms with Crippen LogP contribution in [0.2, 0.25) is 5.02 Å². The van der Waals surface area contributed by atoms with E-state index in [2.05, 4.69) is 5.32 Å². The minimum Gasteiger partial charge on any atom is -0.478 e. The Labute approximate surface area is 127 Å². The van der Waals surface area contributed by atoms with Crippen LogP contribution in [0.25, 0.3) is 0 Å². The summed E-state index contributed by atoms with van der Waals surface area (Å²) in [5, 5.41) is 12.3. The van der Waals surface area contributed by atoms with Crippen molar-refractivity contribution in [1.29, 1.82) is 0 Å². The fourth-order valence-electron chi connectivity index (χ4n) is 2.01. The number of aryl methyl sites for hydroxylation is 2. The molecule has 0 saturated heterocycles. The normalized spacial score (nSPS) is 10.2. The molecule has 0 aliphatic carbocycles. The average Bonchev–Trinajstić information content (AvgIpc) is 2.40. The summed E-state index contributed by atoms with van der Waals surface area (Å²) in [5.74, 6) is -1.25. The van der Waals surface area contributed by atoms with Crippen LogP contribution in [0.1, 0.15) is 31.8 Å². The number of hydrogen-bond acceptors (Lipinski definition) is 2. The fraction of sp³-hybridized carbons (Fsp3) is 0.125. The molecular weight excluding hydrogens is 290 g/mol. The summed E-state index contributed by atoms with van der Waals surface area (Å²) in [6, 6.07) is 9.60. The summed E-state index contributed by atoms with van der Waals surface area (Å²) < 4.78 is 0. The van der Waals surface area contributed by atoms with Crippen LogP contribution in [0.3, 0.4) is 0 Å². The van der Waals surface area contributed by atoms with Crippen molar-refractivity contribution in [3.8, 4) is 0 Å². The van der Waals surface area contributed by atoms with Crippen molar-refractivity contribution >= 4 is 29.2 Å². The van der Waals surface area contributed by atoms with Crippen LogP contribution in [0, 0.1) is 13.8 Å². The number of carbonyl (C=O) groups excluding carboxylic acids is 1. The molecule has 0 aromatic heterocycles. The fourth-order valence-corrected chi connectivity index (χ4v) is 2.24. The van der Waals surface area contributed by atoms with Gasteiger partial charge in [-0.3, -0.25) is 4.79 Å². The third-order valence-electron chi connectivity index (χ3n) is 3.15. The Kier molecular flexibility index (Phi) is 4.29. The van der Waals surface area contributed by atoms with Crippen molar-refractivity contribution in [2.75, 3.05) is 5.32 Å². The number of anilines is 1. The third kappa shape index (κ3) is 3.41. The largest absolute Gasteiger partial charge is 0.478 e. The summed E-state index contributed by atoms with van der Waals surface area (Å²) in [6.45, 7) is 3.55. The van der Waals surface area contributed by atoms with Gasteiger partial charge >= 0.3 is 5.97 Å². The van der Waals surface area contributed by atoms with Crippen molar-refractivity contribution in [3.05, 3.63) is 63.7 Å². The lowest BCUT2D eigenvalue weighted by Gasteiger charge is -2.11. The molecule has 0 aliphatic heterocycles. The van der Waals surface area contributed by atoms with Gasteiger partial charge in [-0.2, -0.15) is 0 Å². The van der Waals surface area contributed by atoms with Crippen LogP contribution in [-0.2, 0) is 0 Å². The van der Waals surface area contributed by atoms with E-state index < -0.39 is 5.97 Å². The van der Waals surface area contributed by atoms with Crippen molar-refractivity contribution in [2.24, 2.45) is 0 Å². The van der Waals surface area contributed by atoms with E-state index in [0.29, 0.717) is 21.8 Å². The van der Waals surface area contributed by atoms with Gasteiger partial charge in [-0.15, -0.1) is 0 Å². The Morgan fingerprint density at radius 3 is 2.33 bits per heavy atom. The van der Waals surface area contributed by atoms with E-state index in [9.17, 15) is 9.59 Å². The molecule has 0 atom stereocenters. The second kappa shape index (κ2) is 5.97. The van der Waals surface area contributed by atoms with Crippen LogP contribution < -0.4 is 5.32 Å². The SMILES string of the molecule is Cc1cc(C(=O)O)ccc1NC(=O)c1ccc(Cl)cc1C. The van der Waals surface area contributed by atoms with Gasteiger partial charge in [-0.25, -0.2) is 4.79 Å². The van der Waals surface area contributed by atoms with Crippen LogP contribution in [-0.4, -0.2) is 17.0 Å². The lowest BCUT2D eigenvalue weighted by atomic mass is 10.1. The van der Waals surface area contributed by atoms with E-state index in [1.165, 1.54) is 12.1 Å². The van der Waals surface area contributed by atoms with E-state index in [1.54, 1.807) is 38.1 Å². The number of hydrogen-bond donors (Lipinski definition) is 2. The molecule has 21 heavy (non-hydrogen) atoms. The number of carboxylic acid groups (broad SMARTS) is 1. The molecule has 4 nitrogen and oxygen atoms in total. The lowest BCUT2D eigenvalue weighted by molar-refractivity contribution is 0.0696. The highest BCUT2D eigenvalue weighted by Gasteiger charge is 2.12. The Hall–Kier alpha value is -2.33. The first kappa shape index (κ1) is 15.1. The van der Waals surface area contributed by atoms with Gasteiger partial charge in [0.2, 0.25) is 0 Å². The molecule has 0 aliphatic rings. The summed E-state index contributed by atoms with van der Waals surface area (Å²) >= 11 is 5.87. The second-order valence-corrected chi connectivity index (χ2v) is 5.18. The average molecular weight is 304 g/mol. The number of carbonyl (C=O) groups is 2. The predicted molar refractivity (Wildman–Crippen MR) is 82.3 cm³/mol. The van der Waals surface area contributed by atoms with Crippen LogP contribution >= 0.6 is 11.6 Å². The number of halogens is 1. The molecule has 0 spiro atoms. The van der Waals surface area contributed by atoms with E-state index in [-0.39, 0.29) is 11.5 Å². The molecule has 2 N–H and O–H groups in total. The zero-order valence-corrected chi connectivity index (χ0v) is 12.4. The monoisotopic (exact) mass is 303 g/mol. The molecule has 108 valence electrons. The summed E-state index contributed by atoms with van der Waals surface area (Å²) in [5.41, 5.74) is 2.77. The maximum Gasteiger partial charge on any atom is 0.335 e. The Morgan fingerprint density at radius 2 is 1.76 bits per heavy atom. The first-order chi connectivity index (χ1) is 9.88. The molecule has 0 fully saturated rings. The predicted octanol–water partition coefficient (Wildman–Crippen LogP) is 3.91. The van der Waals surface area contributed by atoms with Gasteiger partial charge in [-0.1, -0.05) is 11.6 Å². The molecule has 2 rings (SSSR count). The molecule has 0 saturated carbocycles. The topological polar surface area (TPSA) is 66.4 Å². The van der Waals surface area contributed by atoms with Gasteiger partial charge in [0.1, 0.15) is 0 Å². The minimum atomic E-state index is -0.996. The van der Waals surface area contributed by atoms with Crippen molar-refractivity contribution < 1.29 is 14.7 Å². The van der Waals surface area contributed by atoms with Crippen LogP contribution in [0.5, 0.6) is 0 Å². The summed E-state index contributed by atoms with van der Waals surface area (Å²) in [4.78, 5) is 23.1. The maximum absolute atomic E-state index is 12.2. The Bertz CT molecular complexity index is 725. The quantitative estimate of drug-likeness (QED) is 0.903. The summed E-state index contributed by atoms with van der Waals surface area (Å²) in [6.07, 6.45) is 0. The Balaban J connectivity index is 2.25. The first-order valence-electron chi connectivity index (χ1n) is 6.30. The highest BCUT2D eigenvalue weighted by molar-refractivity contribution is 6.30. The smallest absolute Gasteiger partial charge is 0.335 e. The van der Waals surface area contributed by atoms with Gasteiger partial charge in [0.25, 0.3) is 5.91 Å². The number of aromatic carboxylic acids is 1. The van der Waals surface area contributed by atoms with Crippen molar-refractivity contribution in [3.63, 3.8) is 0 Å². The lowest BCUT2D eigenvalue weighted by Crippen LogP contribution is -2.14. The van der Waals surface area contributed by atoms with Crippen molar-refractivity contribution in [2.45, 2.75) is 13.8 Å². The van der Waals surface area contributed by atoms with Crippen LogP contribution in [0.4, 0.5) is 5.69 Å². The molecule has 1 amide bonds. The maximum atomic E-state index is 12.2. The highest BCUT2D eigenvalue weighted by Crippen LogP contribution is 2.20.